The lowest BCUT2D eigenvalue weighted by Crippen LogP contribution is -2.05. The summed E-state index contributed by atoms with van der Waals surface area (Å²) in [5.74, 6) is 1.15. The monoisotopic (exact) mass is 344 g/mol. The molecular formula is C17H14Cl2N4. The van der Waals surface area contributed by atoms with E-state index in [1.807, 2.05) is 30.3 Å². The number of aromatic nitrogens is 2. The molecule has 1 heterocycles. The molecular weight excluding hydrogens is 331 g/mol. The molecule has 0 spiro atoms. The lowest BCUT2D eigenvalue weighted by Gasteiger charge is -2.11. The highest BCUT2D eigenvalue weighted by atomic mass is 35.5. The van der Waals surface area contributed by atoms with E-state index in [-0.39, 0.29) is 0 Å². The van der Waals surface area contributed by atoms with Crippen LogP contribution in [0.5, 0.6) is 0 Å². The first kappa shape index (κ1) is 15.6. The molecule has 3 rings (SSSR count). The molecule has 1 aromatic heterocycles. The Labute approximate surface area is 144 Å². The molecule has 0 unspecified atom stereocenters. The molecule has 0 radical (unpaired) electrons. The van der Waals surface area contributed by atoms with Crippen molar-refractivity contribution in [3.05, 3.63) is 76.4 Å². The summed E-state index contributed by atoms with van der Waals surface area (Å²) >= 11 is 12.3. The van der Waals surface area contributed by atoms with E-state index in [1.54, 1.807) is 30.5 Å². The molecule has 3 aromatic rings. The average Bonchev–Trinajstić information content (AvgIpc) is 2.58. The molecule has 6 heteroatoms. The summed E-state index contributed by atoms with van der Waals surface area (Å²) in [6, 6.07) is 17.1. The largest absolute Gasteiger partial charge is 0.350 e. The summed E-state index contributed by atoms with van der Waals surface area (Å²) in [4.78, 5) is 8.63. The van der Waals surface area contributed by atoms with Crippen LogP contribution in [0.4, 0.5) is 17.5 Å². The molecule has 0 amide bonds. The lowest BCUT2D eigenvalue weighted by molar-refractivity contribution is 1.06. The molecule has 116 valence electrons. The maximum atomic E-state index is 6.15. The van der Waals surface area contributed by atoms with Crippen LogP contribution in [0, 0.1) is 0 Å². The summed E-state index contributed by atoms with van der Waals surface area (Å²) in [7, 11) is 0. The minimum absolute atomic E-state index is 0.530. The van der Waals surface area contributed by atoms with E-state index in [0.717, 1.165) is 5.56 Å². The van der Waals surface area contributed by atoms with Gasteiger partial charge in [-0.2, -0.15) is 4.98 Å². The number of anilines is 3. The van der Waals surface area contributed by atoms with Gasteiger partial charge in [-0.05, 0) is 23.8 Å². The Kier molecular flexibility index (Phi) is 4.95. The number of hydrogen-bond acceptors (Lipinski definition) is 4. The summed E-state index contributed by atoms with van der Waals surface area (Å²) < 4.78 is 0. The Morgan fingerprint density at radius 1 is 0.870 bits per heavy atom. The van der Waals surface area contributed by atoms with Gasteiger partial charge in [-0.15, -0.1) is 0 Å². The van der Waals surface area contributed by atoms with Crippen molar-refractivity contribution in [3.63, 3.8) is 0 Å². The molecule has 2 aromatic carbocycles. The molecule has 0 bridgehead atoms. The van der Waals surface area contributed by atoms with Gasteiger partial charge in [-0.25, -0.2) is 4.98 Å². The van der Waals surface area contributed by atoms with Crippen molar-refractivity contribution in [2.75, 3.05) is 10.6 Å². The Bertz CT molecular complexity index is 773. The predicted octanol–water partition coefficient (Wildman–Crippen LogP) is 5.14. The zero-order chi connectivity index (χ0) is 16.1. The number of hydrogen-bond donors (Lipinski definition) is 2. The van der Waals surface area contributed by atoms with Crippen LogP contribution >= 0.6 is 23.2 Å². The van der Waals surface area contributed by atoms with Gasteiger partial charge in [0.1, 0.15) is 5.82 Å². The van der Waals surface area contributed by atoms with Gasteiger partial charge in [0.05, 0.1) is 15.7 Å². The van der Waals surface area contributed by atoms with E-state index >= 15 is 0 Å². The van der Waals surface area contributed by atoms with Gasteiger partial charge in [-0.3, -0.25) is 0 Å². The smallest absolute Gasteiger partial charge is 0.224 e. The van der Waals surface area contributed by atoms with Gasteiger partial charge in [0.25, 0.3) is 0 Å². The average molecular weight is 345 g/mol. The number of rotatable bonds is 5. The van der Waals surface area contributed by atoms with Gasteiger partial charge in [-0.1, -0.05) is 59.6 Å². The van der Waals surface area contributed by atoms with Crippen molar-refractivity contribution in [3.8, 4) is 0 Å². The van der Waals surface area contributed by atoms with E-state index in [9.17, 15) is 0 Å². The maximum absolute atomic E-state index is 6.15. The second-order valence-electron chi connectivity index (χ2n) is 4.83. The number of halogens is 2. The third-order valence-corrected chi connectivity index (χ3v) is 3.79. The first-order valence-electron chi connectivity index (χ1n) is 7.04. The first-order valence-corrected chi connectivity index (χ1v) is 7.80. The van der Waals surface area contributed by atoms with Gasteiger partial charge in [0, 0.05) is 12.7 Å². The van der Waals surface area contributed by atoms with Crippen LogP contribution in [0.1, 0.15) is 5.56 Å². The second-order valence-corrected chi connectivity index (χ2v) is 5.64. The number of nitrogens with one attached hydrogen (secondary N) is 2. The topological polar surface area (TPSA) is 49.8 Å². The summed E-state index contributed by atoms with van der Waals surface area (Å²) in [6.07, 6.45) is 1.67. The number of nitrogens with zero attached hydrogens (tertiary/aromatic N) is 2. The fourth-order valence-electron chi connectivity index (χ4n) is 2.04. The SMILES string of the molecule is Clc1cccc(Cl)c1Nc1ccnc(NCc2ccccc2)n1. The molecule has 0 saturated heterocycles. The van der Waals surface area contributed by atoms with Crippen LogP contribution in [0.3, 0.4) is 0 Å². The van der Waals surface area contributed by atoms with Crippen LogP contribution in [-0.2, 0) is 6.54 Å². The van der Waals surface area contributed by atoms with E-state index in [2.05, 4.69) is 20.6 Å². The third kappa shape index (κ3) is 4.12. The van der Waals surface area contributed by atoms with Crippen LogP contribution in [-0.4, -0.2) is 9.97 Å². The van der Waals surface area contributed by atoms with E-state index in [1.165, 1.54) is 0 Å². The molecule has 23 heavy (non-hydrogen) atoms. The van der Waals surface area contributed by atoms with Gasteiger partial charge < -0.3 is 10.6 Å². The second kappa shape index (κ2) is 7.31. The Morgan fingerprint density at radius 2 is 1.61 bits per heavy atom. The molecule has 0 saturated carbocycles. The van der Waals surface area contributed by atoms with Crippen LogP contribution in [0.2, 0.25) is 10.0 Å². The zero-order valence-corrected chi connectivity index (χ0v) is 13.6. The van der Waals surface area contributed by atoms with Crippen LogP contribution in [0.25, 0.3) is 0 Å². The molecule has 0 atom stereocenters. The number of benzene rings is 2. The molecule has 0 aliphatic heterocycles. The molecule has 0 aliphatic carbocycles. The lowest BCUT2D eigenvalue weighted by atomic mass is 10.2. The molecule has 0 aliphatic rings. The predicted molar refractivity (Wildman–Crippen MR) is 95.5 cm³/mol. The molecule has 0 fully saturated rings. The van der Waals surface area contributed by atoms with Gasteiger partial charge in [0.2, 0.25) is 5.95 Å². The molecule has 4 nitrogen and oxygen atoms in total. The molecule has 2 N–H and O–H groups in total. The fraction of sp³-hybridized carbons (Fsp3) is 0.0588. The van der Waals surface area contributed by atoms with E-state index < -0.39 is 0 Å². The number of para-hydroxylation sites is 1. The van der Waals surface area contributed by atoms with Gasteiger partial charge >= 0.3 is 0 Å². The highest BCUT2D eigenvalue weighted by Gasteiger charge is 2.07. The van der Waals surface area contributed by atoms with Crippen molar-refractivity contribution in [2.24, 2.45) is 0 Å². The third-order valence-electron chi connectivity index (χ3n) is 3.16. The minimum atomic E-state index is 0.530. The Morgan fingerprint density at radius 3 is 2.35 bits per heavy atom. The maximum Gasteiger partial charge on any atom is 0.224 e. The van der Waals surface area contributed by atoms with Crippen molar-refractivity contribution >= 4 is 40.7 Å². The van der Waals surface area contributed by atoms with Crippen molar-refractivity contribution in [1.29, 1.82) is 0 Å². The van der Waals surface area contributed by atoms with E-state index in [4.69, 9.17) is 23.2 Å². The Hall–Kier alpha value is -2.30. The van der Waals surface area contributed by atoms with Crippen molar-refractivity contribution < 1.29 is 0 Å². The van der Waals surface area contributed by atoms with Crippen LogP contribution in [0.15, 0.2) is 60.8 Å². The highest BCUT2D eigenvalue weighted by molar-refractivity contribution is 6.39. The van der Waals surface area contributed by atoms with Crippen LogP contribution < -0.4 is 10.6 Å². The van der Waals surface area contributed by atoms with E-state index in [0.29, 0.717) is 34.0 Å². The normalized spacial score (nSPS) is 10.3. The quantitative estimate of drug-likeness (QED) is 0.672. The fourth-order valence-corrected chi connectivity index (χ4v) is 2.53. The summed E-state index contributed by atoms with van der Waals surface area (Å²) in [5.41, 5.74) is 1.78. The summed E-state index contributed by atoms with van der Waals surface area (Å²) in [5, 5.41) is 7.39. The minimum Gasteiger partial charge on any atom is -0.350 e. The summed E-state index contributed by atoms with van der Waals surface area (Å²) in [6.45, 7) is 0.650. The standard InChI is InChI=1S/C17H14Cl2N4/c18-13-7-4-8-14(19)16(13)22-15-9-10-20-17(23-15)21-11-12-5-2-1-3-6-12/h1-10H,11H2,(H2,20,21,22,23). The first-order chi connectivity index (χ1) is 11.2. The highest BCUT2D eigenvalue weighted by Crippen LogP contribution is 2.32. The van der Waals surface area contributed by atoms with Gasteiger partial charge in [0.15, 0.2) is 0 Å². The Balaban J connectivity index is 1.72. The zero-order valence-electron chi connectivity index (χ0n) is 12.1. The van der Waals surface area contributed by atoms with Crippen molar-refractivity contribution in [1.82, 2.24) is 9.97 Å². The van der Waals surface area contributed by atoms with Crippen molar-refractivity contribution in [2.45, 2.75) is 6.54 Å².